The number of fused-ring (bicyclic) bond motifs is 6. The molecule has 2 aliphatic carbocycles. The Morgan fingerprint density at radius 3 is 2.18 bits per heavy atom. The first kappa shape index (κ1) is 28.7. The molecule has 238 valence electrons. The van der Waals surface area contributed by atoms with Crippen LogP contribution in [0, 0.1) is 0 Å². The van der Waals surface area contributed by atoms with Gasteiger partial charge in [0.15, 0.2) is 17.5 Å². The van der Waals surface area contributed by atoms with Crippen LogP contribution in [-0.2, 0) is 6.42 Å². The molecule has 5 heteroatoms. The highest BCUT2D eigenvalue weighted by Crippen LogP contribution is 2.43. The molecule has 5 aromatic carbocycles. The third kappa shape index (κ3) is 4.81. The van der Waals surface area contributed by atoms with E-state index in [4.69, 9.17) is 23.8 Å². The highest BCUT2D eigenvalue weighted by molar-refractivity contribution is 6.07. The number of furan rings is 2. The first-order valence-corrected chi connectivity index (χ1v) is 17.2. The second kappa shape index (κ2) is 11.7. The van der Waals surface area contributed by atoms with Crippen LogP contribution in [0.2, 0.25) is 0 Å². The van der Waals surface area contributed by atoms with E-state index < -0.39 is 0 Å². The van der Waals surface area contributed by atoms with Crippen molar-refractivity contribution in [2.24, 2.45) is 0 Å². The predicted molar refractivity (Wildman–Crippen MR) is 202 cm³/mol. The summed E-state index contributed by atoms with van der Waals surface area (Å²) in [5.41, 5.74) is 10.9. The molecule has 0 radical (unpaired) electrons. The Morgan fingerprint density at radius 2 is 1.26 bits per heavy atom. The van der Waals surface area contributed by atoms with Gasteiger partial charge in [-0.3, -0.25) is 0 Å². The average molecular weight is 646 g/mol. The number of nitrogens with zero attached hydrogens (tertiary/aromatic N) is 3. The molecule has 3 aromatic heterocycles. The smallest absolute Gasteiger partial charge is 0.164 e. The normalized spacial score (nSPS) is 14.0. The molecule has 5 nitrogen and oxygen atoms in total. The van der Waals surface area contributed by atoms with E-state index in [0.717, 1.165) is 103 Å². The topological polar surface area (TPSA) is 65.0 Å². The van der Waals surface area contributed by atoms with E-state index >= 15 is 0 Å². The van der Waals surface area contributed by atoms with E-state index in [2.05, 4.69) is 109 Å². The summed E-state index contributed by atoms with van der Waals surface area (Å²) >= 11 is 0. The van der Waals surface area contributed by atoms with E-state index in [-0.39, 0.29) is 0 Å². The summed E-state index contributed by atoms with van der Waals surface area (Å²) in [7, 11) is 0. The lowest BCUT2D eigenvalue weighted by atomic mass is 9.89. The minimum Gasteiger partial charge on any atom is -0.460 e. The molecule has 0 N–H and O–H groups in total. The summed E-state index contributed by atoms with van der Waals surface area (Å²) in [6.45, 7) is 0. The Kier molecular flexibility index (Phi) is 6.69. The second-order valence-corrected chi connectivity index (χ2v) is 12.9. The van der Waals surface area contributed by atoms with Crippen molar-refractivity contribution in [1.82, 2.24) is 15.0 Å². The van der Waals surface area contributed by atoms with Gasteiger partial charge in [-0.15, -0.1) is 0 Å². The van der Waals surface area contributed by atoms with Crippen LogP contribution in [0.25, 0.3) is 89.6 Å². The van der Waals surface area contributed by atoms with Crippen molar-refractivity contribution in [3.63, 3.8) is 0 Å². The lowest BCUT2D eigenvalue weighted by Crippen LogP contribution is -2.04. The Bertz CT molecular complexity index is 2710. The largest absolute Gasteiger partial charge is 0.460 e. The molecule has 3 heterocycles. The Morgan fingerprint density at radius 1 is 0.480 bits per heavy atom. The van der Waals surface area contributed by atoms with E-state index in [0.29, 0.717) is 17.5 Å². The summed E-state index contributed by atoms with van der Waals surface area (Å²) in [6.07, 6.45) is 14.9. The fraction of sp³-hybridized carbons (Fsp3) is 0.0889. The first-order chi connectivity index (χ1) is 24.8. The van der Waals surface area contributed by atoms with Gasteiger partial charge < -0.3 is 8.83 Å². The third-order valence-electron chi connectivity index (χ3n) is 9.83. The van der Waals surface area contributed by atoms with Crippen molar-refractivity contribution in [2.45, 2.75) is 25.7 Å². The van der Waals surface area contributed by atoms with Crippen LogP contribution < -0.4 is 0 Å². The molecule has 0 unspecified atom stereocenters. The number of aryl methyl sites for hydroxylation is 1. The number of allylic oxidation sites excluding steroid dienone is 5. The van der Waals surface area contributed by atoms with E-state index in [1.165, 1.54) is 5.56 Å². The zero-order chi connectivity index (χ0) is 33.0. The van der Waals surface area contributed by atoms with Crippen molar-refractivity contribution in [3.8, 4) is 45.0 Å². The highest BCUT2D eigenvalue weighted by atomic mass is 16.3. The maximum atomic E-state index is 6.41. The molecular formula is C45H31N3O2. The summed E-state index contributed by atoms with van der Waals surface area (Å²) < 4.78 is 12.7. The second-order valence-electron chi connectivity index (χ2n) is 12.9. The van der Waals surface area contributed by atoms with Crippen LogP contribution in [0.5, 0.6) is 0 Å². The average Bonchev–Trinajstić information content (AvgIpc) is 3.75. The van der Waals surface area contributed by atoms with Gasteiger partial charge in [-0.2, -0.15) is 0 Å². The van der Waals surface area contributed by atoms with E-state index in [1.807, 2.05) is 30.3 Å². The van der Waals surface area contributed by atoms with E-state index in [1.54, 1.807) is 0 Å². The van der Waals surface area contributed by atoms with Gasteiger partial charge in [0.05, 0.1) is 0 Å². The number of hydrogen-bond acceptors (Lipinski definition) is 5. The van der Waals surface area contributed by atoms with Crippen LogP contribution in [0.15, 0.2) is 142 Å². The lowest BCUT2D eigenvalue weighted by molar-refractivity contribution is 0.546. The molecule has 8 aromatic rings. The lowest BCUT2D eigenvalue weighted by Gasteiger charge is -2.17. The van der Waals surface area contributed by atoms with Crippen molar-refractivity contribution >= 4 is 44.6 Å². The number of para-hydroxylation sites is 1. The zero-order valence-corrected chi connectivity index (χ0v) is 27.3. The molecular weight excluding hydrogens is 615 g/mol. The van der Waals surface area contributed by atoms with Gasteiger partial charge in [0, 0.05) is 50.4 Å². The number of benzene rings is 5. The summed E-state index contributed by atoms with van der Waals surface area (Å²) in [5, 5.41) is 3.32. The number of hydrogen-bond donors (Lipinski definition) is 0. The van der Waals surface area contributed by atoms with Crippen LogP contribution >= 0.6 is 0 Å². The van der Waals surface area contributed by atoms with Gasteiger partial charge >= 0.3 is 0 Å². The van der Waals surface area contributed by atoms with Gasteiger partial charge in [0.1, 0.15) is 22.5 Å². The molecule has 0 atom stereocenters. The van der Waals surface area contributed by atoms with E-state index in [9.17, 15) is 0 Å². The molecule has 0 saturated carbocycles. The summed E-state index contributed by atoms with van der Waals surface area (Å²) in [6, 6.07) is 37.8. The third-order valence-corrected chi connectivity index (χ3v) is 9.83. The zero-order valence-electron chi connectivity index (χ0n) is 27.3. The minimum atomic E-state index is 0.625. The molecule has 0 aliphatic heterocycles. The fourth-order valence-corrected chi connectivity index (χ4v) is 7.41. The molecule has 10 rings (SSSR count). The maximum Gasteiger partial charge on any atom is 0.164 e. The Labute approximate surface area is 289 Å². The maximum absolute atomic E-state index is 6.41. The van der Waals surface area contributed by atoms with Gasteiger partial charge in [0.25, 0.3) is 0 Å². The fourth-order valence-electron chi connectivity index (χ4n) is 7.41. The Hall–Kier alpha value is -6.33. The first-order valence-electron chi connectivity index (χ1n) is 17.2. The van der Waals surface area contributed by atoms with Gasteiger partial charge in [0.2, 0.25) is 0 Å². The molecule has 0 bridgehead atoms. The SMILES string of the molecule is C1=CC(c2nc(-c3ccccc3)nc(-c3cccc(-c4ccc5oc6c(c5c4)C=CCC6)c3-c3ccc4c(c3)oc3ccccc34)n2)=CCC1. The van der Waals surface area contributed by atoms with Gasteiger partial charge in [-0.25, -0.2) is 15.0 Å². The number of aromatic nitrogens is 3. The molecule has 2 aliphatic rings. The summed E-state index contributed by atoms with van der Waals surface area (Å²) in [4.78, 5) is 15.3. The van der Waals surface area contributed by atoms with Gasteiger partial charge in [-0.05, 0) is 66.3 Å². The van der Waals surface area contributed by atoms with Crippen LogP contribution in [0.1, 0.15) is 36.4 Å². The van der Waals surface area contributed by atoms with Crippen molar-refractivity contribution < 1.29 is 8.83 Å². The molecule has 0 spiro atoms. The van der Waals surface area contributed by atoms with Crippen molar-refractivity contribution in [2.75, 3.05) is 0 Å². The minimum absolute atomic E-state index is 0.625. The van der Waals surface area contributed by atoms with Gasteiger partial charge in [-0.1, -0.05) is 109 Å². The monoisotopic (exact) mass is 645 g/mol. The van der Waals surface area contributed by atoms with Crippen LogP contribution in [0.3, 0.4) is 0 Å². The molecule has 0 fully saturated rings. The Balaban J connectivity index is 1.24. The van der Waals surface area contributed by atoms with Crippen molar-refractivity contribution in [1.29, 1.82) is 0 Å². The predicted octanol–water partition coefficient (Wildman–Crippen LogP) is 11.9. The van der Waals surface area contributed by atoms with Crippen molar-refractivity contribution in [3.05, 3.63) is 151 Å². The highest BCUT2D eigenvalue weighted by Gasteiger charge is 2.22. The molecule has 0 amide bonds. The molecule has 50 heavy (non-hydrogen) atoms. The summed E-state index contributed by atoms with van der Waals surface area (Å²) in [5.74, 6) is 3.00. The quantitative estimate of drug-likeness (QED) is 0.186. The molecule has 0 saturated heterocycles. The standard InChI is InChI=1S/C45H31N3O2/c1-3-12-28(13-4-1)43-46-44(29-14-5-2-6-15-29)48-45(47-43)36-19-11-18-32(30-23-25-40-37(26-30)34-17-8-10-21-39(34)49-40)42(36)31-22-24-35-33-16-7-9-20-38(33)50-41(35)27-31/h1,3-5,7-9,11-20,22-27H,2,6,10,21H2. The van der Waals surface area contributed by atoms with Crippen LogP contribution in [-0.4, -0.2) is 15.0 Å². The number of rotatable bonds is 5. The van der Waals surface area contributed by atoms with Crippen LogP contribution in [0.4, 0.5) is 0 Å².